The Hall–Kier alpha value is -3.54. The van der Waals surface area contributed by atoms with Crippen LogP contribution < -0.4 is 5.32 Å². The highest BCUT2D eigenvalue weighted by atomic mass is 16.5. The van der Waals surface area contributed by atoms with E-state index < -0.39 is 18.1 Å². The molecule has 1 heterocycles. The minimum absolute atomic E-state index is 0.0481. The normalized spacial score (nSPS) is 13.4. The number of hydrogen-bond donors (Lipinski definition) is 2. The summed E-state index contributed by atoms with van der Waals surface area (Å²) in [5, 5.41) is 11.8. The summed E-state index contributed by atoms with van der Waals surface area (Å²) in [4.78, 5) is 23.7. The number of carbonyl (C=O) groups excluding carboxylic acids is 1. The minimum Gasteiger partial charge on any atom is -0.480 e. The Morgan fingerprint density at radius 1 is 1.00 bits per heavy atom. The van der Waals surface area contributed by atoms with Gasteiger partial charge in [-0.1, -0.05) is 48.5 Å². The average Bonchev–Trinajstić information content (AvgIpc) is 3.32. The van der Waals surface area contributed by atoms with Crippen LogP contribution in [0.3, 0.4) is 0 Å². The Morgan fingerprint density at radius 2 is 1.64 bits per heavy atom. The first-order chi connectivity index (χ1) is 13.6. The van der Waals surface area contributed by atoms with E-state index in [2.05, 4.69) is 17.4 Å². The summed E-state index contributed by atoms with van der Waals surface area (Å²) in [7, 11) is 0. The van der Waals surface area contributed by atoms with E-state index in [9.17, 15) is 14.7 Å². The summed E-state index contributed by atoms with van der Waals surface area (Å²) in [5.41, 5.74) is 4.46. The third kappa shape index (κ3) is 3.49. The monoisotopic (exact) mass is 377 g/mol. The van der Waals surface area contributed by atoms with Gasteiger partial charge in [-0.05, 0) is 34.4 Å². The fourth-order valence-electron chi connectivity index (χ4n) is 3.61. The molecule has 2 N–H and O–H groups in total. The van der Waals surface area contributed by atoms with Gasteiger partial charge >= 0.3 is 12.1 Å². The number of furan rings is 1. The molecule has 6 heteroatoms. The van der Waals surface area contributed by atoms with E-state index in [-0.39, 0.29) is 18.9 Å². The molecule has 0 saturated carbocycles. The number of nitrogens with one attached hydrogen (secondary N) is 1. The highest BCUT2D eigenvalue weighted by molar-refractivity contribution is 5.81. The van der Waals surface area contributed by atoms with Gasteiger partial charge in [-0.2, -0.15) is 0 Å². The van der Waals surface area contributed by atoms with Gasteiger partial charge in [-0.3, -0.25) is 0 Å². The van der Waals surface area contributed by atoms with Crippen molar-refractivity contribution in [3.63, 3.8) is 0 Å². The number of amides is 1. The summed E-state index contributed by atoms with van der Waals surface area (Å²) >= 11 is 0. The Labute approximate surface area is 161 Å². The molecule has 0 bridgehead atoms. The fourth-order valence-corrected chi connectivity index (χ4v) is 3.61. The molecule has 0 aliphatic heterocycles. The number of aliphatic carboxylic acids is 1. The smallest absolute Gasteiger partial charge is 0.407 e. The van der Waals surface area contributed by atoms with Gasteiger partial charge in [0.15, 0.2) is 0 Å². The van der Waals surface area contributed by atoms with Crippen molar-refractivity contribution in [1.82, 2.24) is 5.32 Å². The Balaban J connectivity index is 1.44. The van der Waals surface area contributed by atoms with E-state index in [0.717, 1.165) is 22.3 Å². The van der Waals surface area contributed by atoms with Crippen LogP contribution in [0, 0.1) is 0 Å². The van der Waals surface area contributed by atoms with E-state index in [0.29, 0.717) is 5.76 Å². The predicted molar refractivity (Wildman–Crippen MR) is 102 cm³/mol. The fraction of sp³-hybridized carbons (Fsp3) is 0.182. The van der Waals surface area contributed by atoms with Gasteiger partial charge in [0.1, 0.15) is 18.4 Å². The van der Waals surface area contributed by atoms with Gasteiger partial charge in [-0.15, -0.1) is 0 Å². The van der Waals surface area contributed by atoms with Crippen molar-refractivity contribution in [2.45, 2.75) is 18.4 Å². The maximum Gasteiger partial charge on any atom is 0.407 e. The average molecular weight is 377 g/mol. The lowest BCUT2D eigenvalue weighted by atomic mass is 9.98. The number of alkyl carbamates (subject to hydrolysis) is 1. The van der Waals surface area contributed by atoms with E-state index in [1.54, 1.807) is 12.1 Å². The van der Waals surface area contributed by atoms with Gasteiger partial charge < -0.3 is 19.6 Å². The Kier molecular flexibility index (Phi) is 4.85. The first kappa shape index (κ1) is 17.9. The third-order valence-corrected chi connectivity index (χ3v) is 4.92. The van der Waals surface area contributed by atoms with E-state index in [1.807, 2.05) is 36.4 Å². The van der Waals surface area contributed by atoms with Gasteiger partial charge in [0.05, 0.1) is 6.26 Å². The molecule has 142 valence electrons. The lowest BCUT2D eigenvalue weighted by molar-refractivity contribution is -0.139. The van der Waals surface area contributed by atoms with E-state index >= 15 is 0 Å². The molecule has 1 aliphatic carbocycles. The number of carboxylic acids is 1. The number of fused-ring (bicyclic) bond motifs is 3. The van der Waals surface area contributed by atoms with Gasteiger partial charge in [0.25, 0.3) is 0 Å². The van der Waals surface area contributed by atoms with Gasteiger partial charge in [0.2, 0.25) is 0 Å². The zero-order chi connectivity index (χ0) is 19.5. The molecule has 6 nitrogen and oxygen atoms in total. The second-order valence-corrected chi connectivity index (χ2v) is 6.64. The molecule has 4 rings (SSSR count). The molecule has 0 unspecified atom stereocenters. The van der Waals surface area contributed by atoms with Crippen LogP contribution in [0.4, 0.5) is 4.79 Å². The van der Waals surface area contributed by atoms with Crippen molar-refractivity contribution in [2.75, 3.05) is 6.61 Å². The van der Waals surface area contributed by atoms with Crippen LogP contribution in [0.2, 0.25) is 0 Å². The van der Waals surface area contributed by atoms with Crippen LogP contribution >= 0.6 is 0 Å². The van der Waals surface area contributed by atoms with Gasteiger partial charge in [0, 0.05) is 12.3 Å². The topological polar surface area (TPSA) is 88.8 Å². The molecule has 1 amide bonds. The predicted octanol–water partition coefficient (Wildman–Crippen LogP) is 3.81. The SMILES string of the molecule is O=C(N[C@H](Cc1ccco1)C(=O)O)OCC1c2ccccc2-c2ccccc21. The zero-order valence-corrected chi connectivity index (χ0v) is 15.0. The van der Waals surface area contributed by atoms with Crippen molar-refractivity contribution < 1.29 is 23.8 Å². The first-order valence-corrected chi connectivity index (χ1v) is 9.00. The third-order valence-electron chi connectivity index (χ3n) is 4.92. The number of carboxylic acid groups (broad SMARTS) is 1. The van der Waals surface area contributed by atoms with Crippen molar-refractivity contribution in [1.29, 1.82) is 0 Å². The van der Waals surface area contributed by atoms with Crippen LogP contribution in [0.15, 0.2) is 71.3 Å². The van der Waals surface area contributed by atoms with E-state index in [4.69, 9.17) is 9.15 Å². The molecular formula is C22H19NO5. The highest BCUT2D eigenvalue weighted by Crippen LogP contribution is 2.44. The quantitative estimate of drug-likeness (QED) is 0.682. The van der Waals surface area contributed by atoms with Crippen molar-refractivity contribution in [2.24, 2.45) is 0 Å². The number of benzene rings is 2. The second-order valence-electron chi connectivity index (χ2n) is 6.64. The molecule has 2 aromatic carbocycles. The van der Waals surface area contributed by atoms with Gasteiger partial charge in [-0.25, -0.2) is 9.59 Å². The first-order valence-electron chi connectivity index (χ1n) is 9.00. The summed E-state index contributed by atoms with van der Waals surface area (Å²) < 4.78 is 10.6. The van der Waals surface area contributed by atoms with Crippen molar-refractivity contribution >= 4 is 12.1 Å². The van der Waals surface area contributed by atoms with Crippen LogP contribution in [-0.2, 0) is 16.0 Å². The summed E-state index contributed by atoms with van der Waals surface area (Å²) in [5.74, 6) is -0.747. The molecule has 28 heavy (non-hydrogen) atoms. The molecule has 3 aromatic rings. The molecule has 0 saturated heterocycles. The van der Waals surface area contributed by atoms with Crippen LogP contribution in [0.1, 0.15) is 22.8 Å². The standard InChI is InChI=1S/C22H19NO5/c24-21(25)20(12-14-6-5-11-27-14)23-22(26)28-13-19-17-9-3-1-7-15(17)16-8-2-4-10-18(16)19/h1-11,19-20H,12-13H2,(H,23,26)(H,24,25)/t20-/m1/s1. The second kappa shape index (κ2) is 7.60. The number of rotatable bonds is 6. The summed E-state index contributed by atoms with van der Waals surface area (Å²) in [6.45, 7) is 0.132. The highest BCUT2D eigenvalue weighted by Gasteiger charge is 2.29. The number of hydrogen-bond acceptors (Lipinski definition) is 4. The molecule has 0 radical (unpaired) electrons. The zero-order valence-electron chi connectivity index (χ0n) is 15.0. The Bertz CT molecular complexity index is 950. The maximum absolute atomic E-state index is 12.2. The summed E-state index contributed by atoms with van der Waals surface area (Å²) in [6, 6.07) is 18.3. The van der Waals surface area contributed by atoms with Crippen LogP contribution in [0.25, 0.3) is 11.1 Å². The maximum atomic E-state index is 12.2. The van der Waals surface area contributed by atoms with E-state index in [1.165, 1.54) is 6.26 Å². The molecule has 0 spiro atoms. The van der Waals surface area contributed by atoms with Crippen LogP contribution in [0.5, 0.6) is 0 Å². The molecule has 1 atom stereocenters. The minimum atomic E-state index is -1.15. The number of carbonyl (C=O) groups is 2. The lowest BCUT2D eigenvalue weighted by Gasteiger charge is -2.17. The molecule has 1 aliphatic rings. The van der Waals surface area contributed by atoms with Crippen molar-refractivity contribution in [3.05, 3.63) is 83.8 Å². The Morgan fingerprint density at radius 3 is 2.21 bits per heavy atom. The summed E-state index contributed by atoms with van der Waals surface area (Å²) in [6.07, 6.45) is 0.745. The molecule has 1 aromatic heterocycles. The number of ether oxygens (including phenoxy) is 1. The molecular weight excluding hydrogens is 358 g/mol. The lowest BCUT2D eigenvalue weighted by Crippen LogP contribution is -2.42. The van der Waals surface area contributed by atoms with Crippen LogP contribution in [-0.4, -0.2) is 29.8 Å². The van der Waals surface area contributed by atoms with Crippen molar-refractivity contribution in [3.8, 4) is 11.1 Å². The largest absolute Gasteiger partial charge is 0.480 e. The molecule has 0 fully saturated rings.